The Kier molecular flexibility index (Phi) is 4.32. The van der Waals surface area contributed by atoms with Crippen LogP contribution < -0.4 is 5.32 Å². The lowest BCUT2D eigenvalue weighted by Crippen LogP contribution is -2.15. The molecule has 0 unspecified atom stereocenters. The molecular formula is C18H15N5O2S. The Morgan fingerprint density at radius 2 is 2.08 bits per heavy atom. The van der Waals surface area contributed by atoms with E-state index in [9.17, 15) is 4.79 Å². The minimum Gasteiger partial charge on any atom is -0.462 e. The second-order valence-corrected chi connectivity index (χ2v) is 6.81. The predicted molar refractivity (Wildman–Crippen MR) is 98.1 cm³/mol. The first-order valence-electron chi connectivity index (χ1n) is 7.95. The van der Waals surface area contributed by atoms with Crippen molar-refractivity contribution >= 4 is 23.2 Å². The third-order valence-electron chi connectivity index (χ3n) is 3.69. The largest absolute Gasteiger partial charge is 0.462 e. The Hall–Kier alpha value is -3.26. The molecular weight excluding hydrogens is 350 g/mol. The number of hydrogen-bond acceptors (Lipinski definition) is 6. The van der Waals surface area contributed by atoms with E-state index in [0.717, 1.165) is 10.4 Å². The van der Waals surface area contributed by atoms with Crippen LogP contribution in [0, 0.1) is 6.92 Å². The molecule has 0 aliphatic carbocycles. The molecule has 0 spiro atoms. The van der Waals surface area contributed by atoms with Gasteiger partial charge in [0.25, 0.3) is 5.91 Å². The smallest absolute Gasteiger partial charge is 0.277 e. The van der Waals surface area contributed by atoms with E-state index in [0.29, 0.717) is 23.0 Å². The van der Waals surface area contributed by atoms with Crippen LogP contribution in [0.1, 0.15) is 20.9 Å². The standard InChI is InChI=1S/C18H15N5O2S/c1-12-15(20-17(26-12)14-8-5-9-25-14)16(24)21-18-19-11-23(22-18)10-13-6-3-2-4-7-13/h2-9,11H,10H2,1H3,(H,21,22,24). The fraction of sp³-hybridized carbons (Fsp3) is 0.111. The van der Waals surface area contributed by atoms with Gasteiger partial charge in [0.05, 0.1) is 12.8 Å². The molecule has 0 bridgehead atoms. The topological polar surface area (TPSA) is 85.8 Å². The van der Waals surface area contributed by atoms with Gasteiger partial charge in [-0.05, 0) is 24.6 Å². The van der Waals surface area contributed by atoms with Crippen LogP contribution in [0.25, 0.3) is 10.8 Å². The van der Waals surface area contributed by atoms with Gasteiger partial charge < -0.3 is 4.42 Å². The fourth-order valence-electron chi connectivity index (χ4n) is 2.47. The number of aryl methyl sites for hydroxylation is 1. The average molecular weight is 365 g/mol. The average Bonchev–Trinajstić information content (AvgIpc) is 3.37. The molecule has 0 saturated carbocycles. The number of anilines is 1. The van der Waals surface area contributed by atoms with Crippen LogP contribution in [0.4, 0.5) is 5.95 Å². The minimum atomic E-state index is -0.339. The molecule has 0 radical (unpaired) electrons. The van der Waals surface area contributed by atoms with E-state index < -0.39 is 0 Å². The minimum absolute atomic E-state index is 0.248. The molecule has 0 saturated heterocycles. The molecule has 3 heterocycles. The third-order valence-corrected chi connectivity index (χ3v) is 4.68. The van der Waals surface area contributed by atoms with Gasteiger partial charge in [-0.1, -0.05) is 30.3 Å². The summed E-state index contributed by atoms with van der Waals surface area (Å²) in [6.07, 6.45) is 3.17. The number of thiazole rings is 1. The van der Waals surface area contributed by atoms with Crippen LogP contribution >= 0.6 is 11.3 Å². The number of carbonyl (C=O) groups is 1. The van der Waals surface area contributed by atoms with Crippen molar-refractivity contribution in [1.29, 1.82) is 0 Å². The molecule has 8 heteroatoms. The highest BCUT2D eigenvalue weighted by molar-refractivity contribution is 7.15. The summed E-state index contributed by atoms with van der Waals surface area (Å²) in [5.41, 5.74) is 1.45. The number of amides is 1. The van der Waals surface area contributed by atoms with Crippen molar-refractivity contribution in [3.63, 3.8) is 0 Å². The van der Waals surface area contributed by atoms with Gasteiger partial charge in [0.1, 0.15) is 12.0 Å². The number of nitrogens with one attached hydrogen (secondary N) is 1. The van der Waals surface area contributed by atoms with E-state index in [2.05, 4.69) is 20.4 Å². The lowest BCUT2D eigenvalue weighted by Gasteiger charge is -2.00. The third kappa shape index (κ3) is 3.40. The molecule has 0 aliphatic rings. The van der Waals surface area contributed by atoms with Crippen LogP contribution in [0.15, 0.2) is 59.5 Å². The van der Waals surface area contributed by atoms with Gasteiger partial charge in [0.2, 0.25) is 5.95 Å². The van der Waals surface area contributed by atoms with E-state index in [4.69, 9.17) is 4.42 Å². The summed E-state index contributed by atoms with van der Waals surface area (Å²) in [5.74, 6) is 0.550. The molecule has 4 aromatic rings. The van der Waals surface area contributed by atoms with Crippen LogP contribution in [0.2, 0.25) is 0 Å². The molecule has 1 N–H and O–H groups in total. The van der Waals surface area contributed by atoms with Gasteiger partial charge in [0, 0.05) is 4.88 Å². The predicted octanol–water partition coefficient (Wildman–Crippen LogP) is 3.60. The van der Waals surface area contributed by atoms with E-state index in [1.54, 1.807) is 23.3 Å². The Bertz CT molecular complexity index is 1020. The van der Waals surface area contributed by atoms with Crippen molar-refractivity contribution < 1.29 is 9.21 Å². The van der Waals surface area contributed by atoms with Gasteiger partial charge in [-0.25, -0.2) is 14.6 Å². The summed E-state index contributed by atoms with van der Waals surface area (Å²) >= 11 is 1.41. The summed E-state index contributed by atoms with van der Waals surface area (Å²) in [7, 11) is 0. The van der Waals surface area contributed by atoms with E-state index >= 15 is 0 Å². The maximum atomic E-state index is 12.5. The number of aromatic nitrogens is 4. The number of nitrogens with zero attached hydrogens (tertiary/aromatic N) is 4. The maximum absolute atomic E-state index is 12.5. The van der Waals surface area contributed by atoms with Crippen molar-refractivity contribution in [3.05, 3.63) is 71.2 Å². The lowest BCUT2D eigenvalue weighted by atomic mass is 10.2. The molecule has 26 heavy (non-hydrogen) atoms. The quantitative estimate of drug-likeness (QED) is 0.584. The molecule has 130 valence electrons. The molecule has 0 fully saturated rings. The second kappa shape index (κ2) is 6.93. The molecule has 7 nitrogen and oxygen atoms in total. The highest BCUT2D eigenvalue weighted by Crippen LogP contribution is 2.28. The normalized spacial score (nSPS) is 10.8. The number of furan rings is 1. The van der Waals surface area contributed by atoms with E-state index in [1.807, 2.05) is 43.3 Å². The summed E-state index contributed by atoms with van der Waals surface area (Å²) in [4.78, 5) is 21.8. The van der Waals surface area contributed by atoms with Crippen LogP contribution in [-0.4, -0.2) is 25.7 Å². The Morgan fingerprint density at radius 1 is 1.23 bits per heavy atom. The van der Waals surface area contributed by atoms with Crippen molar-refractivity contribution in [1.82, 2.24) is 19.7 Å². The maximum Gasteiger partial charge on any atom is 0.277 e. The van der Waals surface area contributed by atoms with Crippen molar-refractivity contribution in [2.45, 2.75) is 13.5 Å². The molecule has 4 rings (SSSR count). The highest BCUT2D eigenvalue weighted by Gasteiger charge is 2.18. The number of hydrogen-bond donors (Lipinski definition) is 1. The van der Waals surface area contributed by atoms with Crippen LogP contribution in [-0.2, 0) is 6.54 Å². The molecule has 1 amide bonds. The van der Waals surface area contributed by atoms with E-state index in [1.165, 1.54) is 11.3 Å². The Balaban J connectivity index is 1.47. The monoisotopic (exact) mass is 365 g/mol. The zero-order chi connectivity index (χ0) is 17.9. The molecule has 1 aromatic carbocycles. The number of benzene rings is 1. The Labute approximate surface area is 153 Å². The van der Waals surface area contributed by atoms with Crippen LogP contribution in [0.3, 0.4) is 0 Å². The number of rotatable bonds is 5. The van der Waals surface area contributed by atoms with Gasteiger partial charge >= 0.3 is 0 Å². The van der Waals surface area contributed by atoms with Gasteiger partial charge in [-0.2, -0.15) is 0 Å². The zero-order valence-electron chi connectivity index (χ0n) is 13.9. The molecule has 0 atom stereocenters. The van der Waals surface area contributed by atoms with Crippen molar-refractivity contribution in [3.8, 4) is 10.8 Å². The summed E-state index contributed by atoms with van der Waals surface area (Å²) < 4.78 is 7.01. The van der Waals surface area contributed by atoms with E-state index in [-0.39, 0.29) is 11.9 Å². The first kappa shape index (κ1) is 16.2. The van der Waals surface area contributed by atoms with Crippen molar-refractivity contribution in [2.75, 3.05) is 5.32 Å². The van der Waals surface area contributed by atoms with Gasteiger partial charge in [-0.15, -0.1) is 16.4 Å². The summed E-state index contributed by atoms with van der Waals surface area (Å²) in [6, 6.07) is 13.5. The fourth-order valence-corrected chi connectivity index (χ4v) is 3.35. The van der Waals surface area contributed by atoms with Gasteiger partial charge in [-0.3, -0.25) is 10.1 Å². The summed E-state index contributed by atoms with van der Waals surface area (Å²) in [6.45, 7) is 2.43. The first-order chi connectivity index (χ1) is 12.7. The summed E-state index contributed by atoms with van der Waals surface area (Å²) in [5, 5.41) is 7.65. The van der Waals surface area contributed by atoms with Crippen LogP contribution in [0.5, 0.6) is 0 Å². The highest BCUT2D eigenvalue weighted by atomic mass is 32.1. The van der Waals surface area contributed by atoms with Crippen molar-refractivity contribution in [2.24, 2.45) is 0 Å². The SMILES string of the molecule is Cc1sc(-c2ccco2)nc1C(=O)Nc1ncn(Cc2ccccc2)n1. The van der Waals surface area contributed by atoms with Gasteiger partial charge in [0.15, 0.2) is 10.8 Å². The first-order valence-corrected chi connectivity index (χ1v) is 8.77. The second-order valence-electron chi connectivity index (χ2n) is 5.61. The zero-order valence-corrected chi connectivity index (χ0v) is 14.7. The molecule has 0 aliphatic heterocycles. The lowest BCUT2D eigenvalue weighted by molar-refractivity contribution is 0.102. The Morgan fingerprint density at radius 3 is 2.85 bits per heavy atom. The number of carbonyl (C=O) groups excluding carboxylic acids is 1. The molecule has 3 aromatic heterocycles.